The lowest BCUT2D eigenvalue weighted by molar-refractivity contribution is -0.208. The number of benzene rings is 1. The predicted molar refractivity (Wildman–Crippen MR) is 106 cm³/mol. The smallest absolute Gasteiger partial charge is 0.353 e. The summed E-state index contributed by atoms with van der Waals surface area (Å²) in [6.45, 7) is 3.70. The third-order valence-electron chi connectivity index (χ3n) is 4.36. The molecular formula is C18H26N3O7P. The highest BCUT2D eigenvalue weighted by atomic mass is 31.2. The third kappa shape index (κ3) is 6.37. The second-order valence-electron chi connectivity index (χ2n) is 6.39. The molecule has 160 valence electrons. The molecule has 0 bridgehead atoms. The Morgan fingerprint density at radius 2 is 1.76 bits per heavy atom. The lowest BCUT2D eigenvalue weighted by Gasteiger charge is -2.40. The summed E-state index contributed by atoms with van der Waals surface area (Å²) in [7, 11) is -3.50. The molecule has 29 heavy (non-hydrogen) atoms. The summed E-state index contributed by atoms with van der Waals surface area (Å²) in [6, 6.07) is 6.65. The zero-order chi connectivity index (χ0) is 21.4. The molecule has 1 saturated heterocycles. The number of ether oxygens (including phenoxy) is 1. The van der Waals surface area contributed by atoms with Crippen LogP contribution >= 0.6 is 7.60 Å². The molecule has 0 radical (unpaired) electrons. The first-order chi connectivity index (χ1) is 13.8. The second kappa shape index (κ2) is 10.9. The van der Waals surface area contributed by atoms with Crippen LogP contribution in [0.3, 0.4) is 0 Å². The van der Waals surface area contributed by atoms with Crippen LogP contribution in [0.15, 0.2) is 41.3 Å². The van der Waals surface area contributed by atoms with E-state index in [1.54, 1.807) is 38.1 Å². The van der Waals surface area contributed by atoms with Crippen molar-refractivity contribution in [2.45, 2.75) is 50.8 Å². The molecule has 0 unspecified atom stereocenters. The van der Waals surface area contributed by atoms with Crippen LogP contribution in [0.25, 0.3) is 10.4 Å². The maximum absolute atomic E-state index is 12.6. The summed E-state index contributed by atoms with van der Waals surface area (Å²) in [5.74, 6) is 1.20. The quantitative estimate of drug-likeness (QED) is 0.237. The topological polar surface area (TPSA) is 154 Å². The van der Waals surface area contributed by atoms with Gasteiger partial charge in [0.1, 0.15) is 24.4 Å². The lowest BCUT2D eigenvalue weighted by Crippen LogP contribution is -2.57. The average Bonchev–Trinajstić information content (AvgIpc) is 2.69. The summed E-state index contributed by atoms with van der Waals surface area (Å²) >= 11 is 0. The zero-order valence-corrected chi connectivity index (χ0v) is 17.1. The Kier molecular flexibility index (Phi) is 8.82. The minimum absolute atomic E-state index is 0.172. The first kappa shape index (κ1) is 23.5. The van der Waals surface area contributed by atoms with Gasteiger partial charge in [0, 0.05) is 22.8 Å². The van der Waals surface area contributed by atoms with Crippen LogP contribution in [0, 0.1) is 0 Å². The van der Waals surface area contributed by atoms with Gasteiger partial charge < -0.3 is 29.1 Å². The van der Waals surface area contributed by atoms with Gasteiger partial charge >= 0.3 is 7.60 Å². The summed E-state index contributed by atoms with van der Waals surface area (Å²) < 4.78 is 28.6. The molecule has 1 aromatic rings. The molecule has 1 fully saturated rings. The highest BCUT2D eigenvalue weighted by Gasteiger charge is 2.42. The first-order valence-corrected chi connectivity index (χ1v) is 10.9. The number of nitrogens with zero attached hydrogens (tertiary/aromatic N) is 3. The van der Waals surface area contributed by atoms with Crippen LogP contribution in [0.5, 0.6) is 0 Å². The van der Waals surface area contributed by atoms with E-state index in [4.69, 9.17) is 19.3 Å². The third-order valence-corrected chi connectivity index (χ3v) is 6.13. The van der Waals surface area contributed by atoms with Gasteiger partial charge in [0.25, 0.3) is 0 Å². The van der Waals surface area contributed by atoms with Crippen LogP contribution in [-0.2, 0) is 24.8 Å². The number of hydrogen-bond donors (Lipinski definition) is 3. The van der Waals surface area contributed by atoms with Gasteiger partial charge in [-0.2, -0.15) is 0 Å². The standard InChI is InChI=1S/C18H26N3O7P/c1-3-26-29(25,27-4-2)10-9-14-16(22)18(24)17(23)15(28-14)11-12-5-7-13(8-6-12)20-21-19/h5-10,14-18,22-24H,3-4,11H2,1-2H3/b10-9+/t14-,15-,16-,17-,18+/m1/s1. The molecule has 5 atom stereocenters. The van der Waals surface area contributed by atoms with Crippen molar-refractivity contribution in [3.63, 3.8) is 0 Å². The fourth-order valence-electron chi connectivity index (χ4n) is 2.96. The highest BCUT2D eigenvalue weighted by molar-refractivity contribution is 7.57. The molecule has 1 aliphatic heterocycles. The van der Waals surface area contributed by atoms with Crippen LogP contribution < -0.4 is 0 Å². The summed E-state index contributed by atoms with van der Waals surface area (Å²) in [4.78, 5) is 2.71. The van der Waals surface area contributed by atoms with E-state index in [-0.39, 0.29) is 19.6 Å². The summed E-state index contributed by atoms with van der Waals surface area (Å²) in [6.07, 6.45) is -4.48. The summed E-state index contributed by atoms with van der Waals surface area (Å²) in [5, 5.41) is 34.2. The van der Waals surface area contributed by atoms with E-state index in [2.05, 4.69) is 10.0 Å². The number of rotatable bonds is 9. The molecule has 3 N–H and O–H groups in total. The van der Waals surface area contributed by atoms with E-state index < -0.39 is 38.1 Å². The Bertz CT molecular complexity index is 772. The van der Waals surface area contributed by atoms with E-state index in [0.29, 0.717) is 5.69 Å². The summed E-state index contributed by atoms with van der Waals surface area (Å²) in [5.41, 5.74) is 9.67. The molecular weight excluding hydrogens is 401 g/mol. The Balaban J connectivity index is 2.15. The average molecular weight is 427 g/mol. The largest absolute Gasteiger partial charge is 0.388 e. The van der Waals surface area contributed by atoms with Gasteiger partial charge in [0.15, 0.2) is 0 Å². The predicted octanol–water partition coefficient (Wildman–Crippen LogP) is 2.80. The Labute approximate surface area is 168 Å². The van der Waals surface area contributed by atoms with Crippen LogP contribution in [0.2, 0.25) is 0 Å². The molecule has 11 heteroatoms. The van der Waals surface area contributed by atoms with Crippen molar-refractivity contribution in [1.29, 1.82) is 0 Å². The molecule has 0 saturated carbocycles. The van der Waals surface area contributed by atoms with E-state index in [1.807, 2.05) is 0 Å². The molecule has 1 aromatic carbocycles. The van der Waals surface area contributed by atoms with Crippen LogP contribution in [-0.4, -0.2) is 59.1 Å². The van der Waals surface area contributed by atoms with Gasteiger partial charge in [-0.15, -0.1) is 0 Å². The van der Waals surface area contributed by atoms with Gasteiger partial charge in [0.05, 0.1) is 19.3 Å². The van der Waals surface area contributed by atoms with Crippen molar-refractivity contribution in [2.24, 2.45) is 5.11 Å². The minimum Gasteiger partial charge on any atom is -0.388 e. The Hall–Kier alpha value is -1.74. The molecule has 2 rings (SSSR count). The van der Waals surface area contributed by atoms with Crippen molar-refractivity contribution in [3.8, 4) is 0 Å². The van der Waals surface area contributed by atoms with Crippen molar-refractivity contribution in [2.75, 3.05) is 13.2 Å². The molecule has 1 heterocycles. The van der Waals surface area contributed by atoms with Crippen molar-refractivity contribution in [1.82, 2.24) is 0 Å². The number of hydrogen-bond acceptors (Lipinski definition) is 8. The maximum Gasteiger partial charge on any atom is 0.353 e. The zero-order valence-electron chi connectivity index (χ0n) is 16.2. The molecule has 0 spiro atoms. The molecule has 0 aliphatic carbocycles. The van der Waals surface area contributed by atoms with Gasteiger partial charge in [-0.05, 0) is 31.0 Å². The lowest BCUT2D eigenvalue weighted by atomic mass is 9.91. The highest BCUT2D eigenvalue weighted by Crippen LogP contribution is 2.49. The van der Waals surface area contributed by atoms with Crippen molar-refractivity contribution in [3.05, 3.63) is 52.2 Å². The maximum atomic E-state index is 12.6. The van der Waals surface area contributed by atoms with Gasteiger partial charge in [-0.25, -0.2) is 0 Å². The first-order valence-electron chi connectivity index (χ1n) is 9.25. The van der Waals surface area contributed by atoms with Crippen LogP contribution in [0.4, 0.5) is 5.69 Å². The monoisotopic (exact) mass is 427 g/mol. The normalized spacial score (nSPS) is 27.7. The molecule has 0 aromatic heterocycles. The number of aliphatic hydroxyl groups is 3. The van der Waals surface area contributed by atoms with Gasteiger partial charge in [0.2, 0.25) is 0 Å². The Morgan fingerprint density at radius 3 is 2.31 bits per heavy atom. The molecule has 1 aliphatic rings. The number of azide groups is 1. The molecule has 10 nitrogen and oxygen atoms in total. The molecule has 0 amide bonds. The Morgan fingerprint density at radius 1 is 1.14 bits per heavy atom. The van der Waals surface area contributed by atoms with E-state index in [0.717, 1.165) is 5.56 Å². The van der Waals surface area contributed by atoms with E-state index >= 15 is 0 Å². The van der Waals surface area contributed by atoms with Gasteiger partial charge in [-0.3, -0.25) is 4.57 Å². The fraction of sp³-hybridized carbons (Fsp3) is 0.556. The number of aliphatic hydroxyl groups excluding tert-OH is 3. The van der Waals surface area contributed by atoms with E-state index in [9.17, 15) is 19.9 Å². The van der Waals surface area contributed by atoms with Gasteiger partial charge in [-0.1, -0.05) is 29.4 Å². The minimum atomic E-state index is -3.50. The SMILES string of the molecule is CCOP(=O)(/C=C/[C@H]1O[C@H](Cc2ccc(N=[N+]=[N-])cc2)[C@@H](O)[C@@H](O)[C@@H]1O)OCC. The van der Waals surface area contributed by atoms with Crippen molar-refractivity contribution >= 4 is 13.3 Å². The van der Waals surface area contributed by atoms with E-state index in [1.165, 1.54) is 11.9 Å². The second-order valence-corrected chi connectivity index (χ2v) is 8.28. The van der Waals surface area contributed by atoms with Crippen molar-refractivity contribution < 1.29 is 33.7 Å². The fourth-order valence-corrected chi connectivity index (χ4v) is 4.31. The van der Waals surface area contributed by atoms with Crippen LogP contribution in [0.1, 0.15) is 19.4 Å².